The molecule has 152 valence electrons. The Morgan fingerprint density at radius 2 is 1.34 bits per heavy atom. The van der Waals surface area contributed by atoms with Crippen molar-refractivity contribution in [2.24, 2.45) is 0 Å². The first-order valence-electron chi connectivity index (χ1n) is 12.1. The van der Waals surface area contributed by atoms with E-state index < -0.39 is 6.85 Å². The van der Waals surface area contributed by atoms with Gasteiger partial charge in [0.2, 0.25) is 0 Å². The van der Waals surface area contributed by atoms with Crippen LogP contribution in [0.25, 0.3) is 65.9 Å². The second-order valence-corrected chi connectivity index (χ2v) is 8.30. The first-order chi connectivity index (χ1) is 16.9. The van der Waals surface area contributed by atoms with Crippen LogP contribution < -0.4 is 0 Å². The van der Waals surface area contributed by atoms with Gasteiger partial charge in [-0.15, -0.1) is 0 Å². The van der Waals surface area contributed by atoms with Gasteiger partial charge in [-0.05, 0) is 73.4 Å². The second-order valence-electron chi connectivity index (χ2n) is 8.30. The Hall–Kier alpha value is -4.11. The average molecular weight is 416 g/mol. The number of hydrogen-bond acceptors (Lipinski definition) is 3. The van der Waals surface area contributed by atoms with Crippen LogP contribution in [-0.4, -0.2) is 4.98 Å². The van der Waals surface area contributed by atoms with Crippen molar-refractivity contribution in [3.63, 3.8) is 0 Å². The Balaban J connectivity index is 1.52. The van der Waals surface area contributed by atoms with Gasteiger partial charge in [0.15, 0.2) is 0 Å². The molecule has 0 unspecified atom stereocenters. The summed E-state index contributed by atoms with van der Waals surface area (Å²) in [5, 5.41) is 6.09. The molecule has 3 heteroatoms. The normalized spacial score (nSPS) is 13.8. The number of pyridine rings is 1. The van der Waals surface area contributed by atoms with Crippen molar-refractivity contribution < 1.29 is 12.9 Å². The van der Waals surface area contributed by atoms with Crippen LogP contribution in [0.3, 0.4) is 0 Å². The lowest BCUT2D eigenvalue weighted by Gasteiger charge is -2.02. The fourth-order valence-corrected chi connectivity index (χ4v) is 4.78. The lowest BCUT2D eigenvalue weighted by atomic mass is 10.0. The largest absolute Gasteiger partial charge is 0.455 e. The van der Waals surface area contributed by atoms with Crippen molar-refractivity contribution >= 4 is 54.6 Å². The second kappa shape index (κ2) is 6.21. The molecule has 0 radical (unpaired) electrons. The van der Waals surface area contributed by atoms with Gasteiger partial charge in [-0.1, -0.05) is 24.3 Å². The number of furan rings is 2. The fourth-order valence-electron chi connectivity index (χ4n) is 4.78. The molecule has 7 aromatic rings. The summed E-state index contributed by atoms with van der Waals surface area (Å²) < 4.78 is 36.1. The molecule has 0 fully saturated rings. The van der Waals surface area contributed by atoms with E-state index in [4.69, 9.17) is 12.9 Å². The SMILES string of the molecule is [2H]C([2H])([2H])c1ccnc(-c2cccc3c2oc2c3ccc3c2ccc2c4ccc(C)cc4oc23)c1. The highest BCUT2D eigenvalue weighted by Gasteiger charge is 2.17. The highest BCUT2D eigenvalue weighted by atomic mass is 16.3. The predicted octanol–water partition coefficient (Wildman–Crippen LogP) is 8.32. The van der Waals surface area contributed by atoms with Gasteiger partial charge in [0.05, 0.1) is 5.69 Å². The first-order valence-corrected chi connectivity index (χ1v) is 10.6. The maximum Gasteiger partial charge on any atom is 0.144 e. The van der Waals surface area contributed by atoms with E-state index in [0.717, 1.165) is 60.2 Å². The summed E-state index contributed by atoms with van der Waals surface area (Å²) in [6.07, 6.45) is 1.54. The van der Waals surface area contributed by atoms with Gasteiger partial charge < -0.3 is 8.83 Å². The maximum atomic E-state index is 7.76. The molecule has 7 rings (SSSR count). The maximum absolute atomic E-state index is 7.76. The molecule has 0 bridgehead atoms. The first kappa shape index (κ1) is 14.8. The third-order valence-electron chi connectivity index (χ3n) is 6.29. The molecule has 32 heavy (non-hydrogen) atoms. The van der Waals surface area contributed by atoms with Crippen LogP contribution in [0.4, 0.5) is 0 Å². The smallest absolute Gasteiger partial charge is 0.144 e. The predicted molar refractivity (Wildman–Crippen MR) is 131 cm³/mol. The lowest BCUT2D eigenvalue weighted by molar-refractivity contribution is 0.669. The van der Waals surface area contributed by atoms with Crippen LogP contribution in [-0.2, 0) is 0 Å². The zero-order valence-corrected chi connectivity index (χ0v) is 17.3. The summed E-state index contributed by atoms with van der Waals surface area (Å²) in [5.41, 5.74) is 5.92. The van der Waals surface area contributed by atoms with Gasteiger partial charge in [0.25, 0.3) is 0 Å². The Bertz CT molecular complexity index is 1960. The Morgan fingerprint density at radius 3 is 2.12 bits per heavy atom. The Morgan fingerprint density at radius 1 is 0.656 bits per heavy atom. The Labute approximate surface area is 188 Å². The highest BCUT2D eigenvalue weighted by molar-refractivity contribution is 6.23. The number of nitrogens with zero attached hydrogens (tertiary/aromatic N) is 1. The van der Waals surface area contributed by atoms with Crippen molar-refractivity contribution in [1.29, 1.82) is 0 Å². The van der Waals surface area contributed by atoms with E-state index in [9.17, 15) is 0 Å². The van der Waals surface area contributed by atoms with E-state index in [1.165, 1.54) is 12.3 Å². The third-order valence-corrected chi connectivity index (χ3v) is 6.29. The van der Waals surface area contributed by atoms with Crippen LogP contribution >= 0.6 is 0 Å². The summed E-state index contributed by atoms with van der Waals surface area (Å²) in [7, 11) is 0. The van der Waals surface area contributed by atoms with Crippen molar-refractivity contribution in [2.45, 2.75) is 13.8 Å². The lowest BCUT2D eigenvalue weighted by Crippen LogP contribution is -1.84. The number of para-hydroxylation sites is 1. The number of aromatic nitrogens is 1. The number of fused-ring (bicyclic) bond motifs is 9. The molecule has 0 aliphatic heterocycles. The number of benzene rings is 4. The van der Waals surface area contributed by atoms with Crippen LogP contribution in [0.1, 0.15) is 15.2 Å². The van der Waals surface area contributed by atoms with Gasteiger partial charge >= 0.3 is 0 Å². The quantitative estimate of drug-likeness (QED) is 0.270. The molecule has 0 aliphatic rings. The van der Waals surface area contributed by atoms with Gasteiger partial charge in [-0.3, -0.25) is 4.98 Å². The summed E-state index contributed by atoms with van der Waals surface area (Å²) in [6, 6.07) is 23.6. The molecule has 0 saturated carbocycles. The zero-order valence-electron chi connectivity index (χ0n) is 20.3. The molecule has 0 atom stereocenters. The van der Waals surface area contributed by atoms with E-state index in [1.54, 1.807) is 6.07 Å². The van der Waals surface area contributed by atoms with Crippen LogP contribution in [0.15, 0.2) is 87.8 Å². The Kier molecular flexibility index (Phi) is 2.87. The molecular weight excluding hydrogens is 394 g/mol. The molecule has 3 heterocycles. The summed E-state index contributed by atoms with van der Waals surface area (Å²) in [6.45, 7) is -0.144. The number of hydrogen-bond donors (Lipinski definition) is 0. The minimum Gasteiger partial charge on any atom is -0.455 e. The molecule has 0 amide bonds. The monoisotopic (exact) mass is 416 g/mol. The molecule has 0 spiro atoms. The van der Waals surface area contributed by atoms with Crippen LogP contribution in [0, 0.1) is 13.8 Å². The van der Waals surface area contributed by atoms with E-state index >= 15 is 0 Å². The van der Waals surface area contributed by atoms with E-state index in [1.807, 2.05) is 18.2 Å². The fraction of sp³-hybridized carbons (Fsp3) is 0.0690. The topological polar surface area (TPSA) is 39.2 Å². The summed E-state index contributed by atoms with van der Waals surface area (Å²) >= 11 is 0. The third kappa shape index (κ3) is 2.33. The molecular formula is C29H19NO2. The van der Waals surface area contributed by atoms with Crippen molar-refractivity contribution in [3.05, 3.63) is 90.1 Å². The molecule has 3 nitrogen and oxygen atoms in total. The number of aryl methyl sites for hydroxylation is 2. The van der Waals surface area contributed by atoms with Gasteiger partial charge in [0, 0.05) is 48.2 Å². The van der Waals surface area contributed by atoms with Crippen molar-refractivity contribution in [1.82, 2.24) is 4.98 Å². The summed E-state index contributed by atoms with van der Waals surface area (Å²) in [4.78, 5) is 4.45. The highest BCUT2D eigenvalue weighted by Crippen LogP contribution is 2.41. The van der Waals surface area contributed by atoms with E-state index in [-0.39, 0.29) is 5.56 Å². The van der Waals surface area contributed by atoms with Gasteiger partial charge in [0.1, 0.15) is 22.3 Å². The molecule has 3 aromatic heterocycles. The van der Waals surface area contributed by atoms with Crippen molar-refractivity contribution in [2.75, 3.05) is 0 Å². The zero-order chi connectivity index (χ0) is 23.9. The average Bonchev–Trinajstić information content (AvgIpc) is 3.41. The van der Waals surface area contributed by atoms with Gasteiger partial charge in [-0.2, -0.15) is 0 Å². The summed E-state index contributed by atoms with van der Waals surface area (Å²) in [5.74, 6) is 0. The molecule has 0 N–H and O–H groups in total. The van der Waals surface area contributed by atoms with E-state index in [2.05, 4.69) is 54.4 Å². The molecule has 0 aliphatic carbocycles. The minimum atomic E-state index is -2.20. The van der Waals surface area contributed by atoms with Crippen molar-refractivity contribution in [3.8, 4) is 11.3 Å². The van der Waals surface area contributed by atoms with Gasteiger partial charge in [-0.25, -0.2) is 0 Å². The minimum absolute atomic E-state index is 0.253. The van der Waals surface area contributed by atoms with Crippen LogP contribution in [0.5, 0.6) is 0 Å². The molecule has 0 saturated heterocycles. The standard InChI is InChI=1S/C29H19NO2/c1-16-6-7-18-20-8-9-23-22(27(20)31-26(18)15-16)11-10-21-19-4-3-5-24(29(19)32-28(21)23)25-14-17(2)12-13-30-25/h3-15H,1-2H3/i2D3. The van der Waals surface area contributed by atoms with E-state index in [0.29, 0.717) is 11.3 Å². The van der Waals surface area contributed by atoms with Crippen LogP contribution in [0.2, 0.25) is 0 Å². The molecule has 4 aromatic carbocycles. The number of rotatable bonds is 1.